The number of ether oxygens (including phenoxy) is 2. The molecule has 0 saturated carbocycles. The quantitative estimate of drug-likeness (QED) is 0.196. The number of aryl methyl sites for hydroxylation is 1. The fraction of sp³-hybridized carbons (Fsp3) is 0.259. The molecule has 0 saturated heterocycles. The molecule has 0 radical (unpaired) electrons. The van der Waals surface area contributed by atoms with E-state index in [2.05, 4.69) is 15.5 Å². The normalized spacial score (nSPS) is 11.7. The Bertz CT molecular complexity index is 1380. The van der Waals surface area contributed by atoms with Crippen molar-refractivity contribution < 1.29 is 19.1 Å². The smallest absolute Gasteiger partial charge is 0.341 e. The van der Waals surface area contributed by atoms with Gasteiger partial charge in [0.05, 0.1) is 12.9 Å². The number of aromatic nitrogens is 3. The zero-order valence-corrected chi connectivity index (χ0v) is 22.7. The molecule has 4 rings (SSSR count). The van der Waals surface area contributed by atoms with Gasteiger partial charge in [-0.25, -0.2) is 4.79 Å². The molecule has 2 aromatic heterocycles. The number of carbonyl (C=O) groups excluding carboxylic acids is 2. The van der Waals surface area contributed by atoms with Gasteiger partial charge in [0, 0.05) is 17.5 Å². The number of thioether (sulfide) groups is 1. The molecule has 2 heterocycles. The zero-order valence-electron chi connectivity index (χ0n) is 21.1. The SMILES string of the molecule is CCn1c(SCC(=O)Nc2scc(-c3ccccc3)c2C(=O)OC)nnc1C(C)Oc1cccc(C)c1. The molecule has 10 heteroatoms. The highest BCUT2D eigenvalue weighted by molar-refractivity contribution is 7.99. The number of carbonyl (C=O) groups is 2. The van der Waals surface area contributed by atoms with Crippen molar-refractivity contribution in [2.45, 2.75) is 38.6 Å². The van der Waals surface area contributed by atoms with Gasteiger partial charge in [-0.2, -0.15) is 0 Å². The van der Waals surface area contributed by atoms with E-state index in [1.807, 2.05) is 85.3 Å². The number of thiophene rings is 1. The number of amides is 1. The first-order chi connectivity index (χ1) is 17.9. The van der Waals surface area contributed by atoms with Crippen LogP contribution in [0.3, 0.4) is 0 Å². The number of nitrogens with zero attached hydrogens (tertiary/aromatic N) is 3. The molecule has 37 heavy (non-hydrogen) atoms. The van der Waals surface area contributed by atoms with Crippen molar-refractivity contribution in [2.24, 2.45) is 0 Å². The summed E-state index contributed by atoms with van der Waals surface area (Å²) in [6, 6.07) is 17.4. The standard InChI is InChI=1S/C27H28N4O4S2/c1-5-31-24(18(3)35-20-13-9-10-17(2)14-20)29-30-27(31)37-16-22(32)28-25-23(26(33)34-4)21(15-36-25)19-11-7-6-8-12-19/h6-15,18H,5,16H2,1-4H3,(H,28,32). The molecule has 0 fully saturated rings. The van der Waals surface area contributed by atoms with Gasteiger partial charge in [-0.05, 0) is 44.0 Å². The van der Waals surface area contributed by atoms with Gasteiger partial charge in [0.15, 0.2) is 17.1 Å². The third-order valence-corrected chi connectivity index (χ3v) is 7.44. The third kappa shape index (κ3) is 6.20. The molecule has 2 aromatic carbocycles. The molecule has 8 nitrogen and oxygen atoms in total. The van der Waals surface area contributed by atoms with Crippen LogP contribution in [0.2, 0.25) is 0 Å². The largest absolute Gasteiger partial charge is 0.483 e. The van der Waals surface area contributed by atoms with E-state index in [4.69, 9.17) is 9.47 Å². The van der Waals surface area contributed by atoms with Gasteiger partial charge in [0.25, 0.3) is 0 Å². The van der Waals surface area contributed by atoms with Crippen LogP contribution >= 0.6 is 23.1 Å². The minimum absolute atomic E-state index is 0.102. The van der Waals surface area contributed by atoms with E-state index in [1.165, 1.54) is 30.2 Å². The van der Waals surface area contributed by atoms with Crippen molar-refractivity contribution in [2.75, 3.05) is 18.2 Å². The molecule has 0 aliphatic carbocycles. The van der Waals surface area contributed by atoms with Crippen LogP contribution in [0.4, 0.5) is 5.00 Å². The summed E-state index contributed by atoms with van der Waals surface area (Å²) in [6.07, 6.45) is -0.317. The predicted molar refractivity (Wildman–Crippen MR) is 146 cm³/mol. The number of rotatable bonds is 10. The first-order valence-electron chi connectivity index (χ1n) is 11.8. The Balaban J connectivity index is 1.45. The molecule has 1 atom stereocenters. The minimum atomic E-state index is -0.499. The molecule has 0 spiro atoms. The van der Waals surface area contributed by atoms with Gasteiger partial charge in [-0.3, -0.25) is 4.79 Å². The Morgan fingerprint density at radius 2 is 1.92 bits per heavy atom. The topological polar surface area (TPSA) is 95.3 Å². The van der Waals surface area contributed by atoms with Crippen molar-refractivity contribution in [3.05, 3.63) is 76.9 Å². The summed E-state index contributed by atoms with van der Waals surface area (Å²) in [5, 5.41) is 14.4. The van der Waals surface area contributed by atoms with Gasteiger partial charge in [0.1, 0.15) is 16.3 Å². The summed E-state index contributed by atoms with van der Waals surface area (Å²) in [7, 11) is 1.33. The predicted octanol–water partition coefficient (Wildman–Crippen LogP) is 5.99. The number of anilines is 1. The van der Waals surface area contributed by atoms with E-state index < -0.39 is 5.97 Å². The van der Waals surface area contributed by atoms with Gasteiger partial charge in [0.2, 0.25) is 5.91 Å². The molecule has 1 N–H and O–H groups in total. The highest BCUT2D eigenvalue weighted by Gasteiger charge is 2.23. The third-order valence-electron chi connectivity index (χ3n) is 5.58. The Morgan fingerprint density at radius 3 is 2.62 bits per heavy atom. The van der Waals surface area contributed by atoms with Crippen LogP contribution in [0.25, 0.3) is 11.1 Å². The highest BCUT2D eigenvalue weighted by Crippen LogP contribution is 2.36. The summed E-state index contributed by atoms with van der Waals surface area (Å²) in [5.74, 6) is 0.795. The maximum Gasteiger partial charge on any atom is 0.341 e. The van der Waals surface area contributed by atoms with Gasteiger partial charge < -0.3 is 19.4 Å². The van der Waals surface area contributed by atoms with Crippen LogP contribution in [0, 0.1) is 6.92 Å². The van der Waals surface area contributed by atoms with Gasteiger partial charge in [-0.1, -0.05) is 54.2 Å². The van der Waals surface area contributed by atoms with Crippen LogP contribution in [0.15, 0.2) is 65.1 Å². The van der Waals surface area contributed by atoms with Crippen LogP contribution in [-0.2, 0) is 16.1 Å². The number of methoxy groups -OCH3 is 1. The number of benzene rings is 2. The molecule has 0 aliphatic heterocycles. The van der Waals surface area contributed by atoms with E-state index in [-0.39, 0.29) is 17.8 Å². The monoisotopic (exact) mass is 536 g/mol. The highest BCUT2D eigenvalue weighted by atomic mass is 32.2. The summed E-state index contributed by atoms with van der Waals surface area (Å²) in [4.78, 5) is 25.4. The van der Waals surface area contributed by atoms with Crippen molar-refractivity contribution in [3.63, 3.8) is 0 Å². The van der Waals surface area contributed by atoms with Crippen LogP contribution < -0.4 is 10.1 Å². The number of esters is 1. The lowest BCUT2D eigenvalue weighted by Gasteiger charge is -2.16. The van der Waals surface area contributed by atoms with Crippen LogP contribution in [0.5, 0.6) is 5.75 Å². The summed E-state index contributed by atoms with van der Waals surface area (Å²) >= 11 is 2.57. The average Bonchev–Trinajstić information content (AvgIpc) is 3.51. The summed E-state index contributed by atoms with van der Waals surface area (Å²) in [5.41, 5.74) is 3.05. The van der Waals surface area contributed by atoms with Crippen molar-refractivity contribution in [3.8, 4) is 16.9 Å². The molecule has 192 valence electrons. The molecule has 1 amide bonds. The van der Waals surface area contributed by atoms with Gasteiger partial charge >= 0.3 is 5.97 Å². The maximum absolute atomic E-state index is 12.8. The molecule has 4 aromatic rings. The maximum atomic E-state index is 12.8. The Labute approximate surface area is 224 Å². The van der Waals surface area contributed by atoms with Gasteiger partial charge in [-0.15, -0.1) is 21.5 Å². The van der Waals surface area contributed by atoms with Crippen molar-refractivity contribution >= 4 is 40.0 Å². The fourth-order valence-corrected chi connectivity index (χ4v) is 5.61. The lowest BCUT2D eigenvalue weighted by atomic mass is 10.0. The van der Waals surface area contributed by atoms with E-state index in [1.54, 1.807) is 0 Å². The van der Waals surface area contributed by atoms with Crippen molar-refractivity contribution in [1.82, 2.24) is 14.8 Å². The lowest BCUT2D eigenvalue weighted by molar-refractivity contribution is -0.113. The molecular weight excluding hydrogens is 508 g/mol. The van der Waals surface area contributed by atoms with E-state index >= 15 is 0 Å². The molecule has 1 unspecified atom stereocenters. The fourth-order valence-electron chi connectivity index (χ4n) is 3.83. The average molecular weight is 537 g/mol. The lowest BCUT2D eigenvalue weighted by Crippen LogP contribution is -2.17. The number of hydrogen-bond donors (Lipinski definition) is 1. The molecule has 0 bridgehead atoms. The first-order valence-corrected chi connectivity index (χ1v) is 13.6. The zero-order chi connectivity index (χ0) is 26.4. The Morgan fingerprint density at radius 1 is 1.14 bits per heavy atom. The number of nitrogens with one attached hydrogen (secondary N) is 1. The second-order valence-electron chi connectivity index (χ2n) is 8.21. The number of hydrogen-bond acceptors (Lipinski definition) is 8. The van der Waals surface area contributed by atoms with E-state index in [9.17, 15) is 9.59 Å². The molecular formula is C27H28N4O4S2. The Kier molecular flexibility index (Phi) is 8.62. The summed E-state index contributed by atoms with van der Waals surface area (Å²) in [6.45, 7) is 6.56. The Hall–Kier alpha value is -3.63. The van der Waals surface area contributed by atoms with Crippen molar-refractivity contribution in [1.29, 1.82) is 0 Å². The second-order valence-corrected chi connectivity index (χ2v) is 10.0. The summed E-state index contributed by atoms with van der Waals surface area (Å²) < 4.78 is 13.0. The first kappa shape index (κ1) is 26.4. The van der Waals surface area contributed by atoms with Crippen LogP contribution in [-0.4, -0.2) is 39.5 Å². The van der Waals surface area contributed by atoms with E-state index in [0.717, 1.165) is 22.4 Å². The molecule has 0 aliphatic rings. The van der Waals surface area contributed by atoms with Crippen LogP contribution in [0.1, 0.15) is 41.7 Å². The second kappa shape index (κ2) is 12.1. The minimum Gasteiger partial charge on any atom is -0.483 e. The van der Waals surface area contributed by atoms with E-state index in [0.29, 0.717) is 28.1 Å².